The van der Waals surface area contributed by atoms with Gasteiger partial charge in [-0.05, 0) is 20.3 Å². The Hall–Kier alpha value is -1.89. The number of aryl methyl sites for hydroxylation is 1. The van der Waals surface area contributed by atoms with Crippen LogP contribution < -0.4 is 11.2 Å². The van der Waals surface area contributed by atoms with Gasteiger partial charge in [0, 0.05) is 19.1 Å². The lowest BCUT2D eigenvalue weighted by Crippen LogP contribution is -2.29. The average Bonchev–Trinajstić information content (AvgIpc) is 2.95. The molecule has 1 aliphatic rings. The molecule has 2 atom stereocenters. The van der Waals surface area contributed by atoms with Gasteiger partial charge in [-0.25, -0.2) is 9.78 Å². The zero-order valence-corrected chi connectivity index (χ0v) is 10.9. The highest BCUT2D eigenvalue weighted by molar-refractivity contribution is 5.69. The first-order chi connectivity index (χ1) is 9.11. The lowest BCUT2D eigenvalue weighted by molar-refractivity contribution is 0.117. The van der Waals surface area contributed by atoms with Crippen molar-refractivity contribution in [2.75, 3.05) is 6.61 Å². The van der Waals surface area contributed by atoms with Gasteiger partial charge in [0.1, 0.15) is 11.3 Å². The Bertz CT molecular complexity index is 727. The molecule has 7 nitrogen and oxygen atoms in total. The van der Waals surface area contributed by atoms with Gasteiger partial charge in [0.25, 0.3) is 5.56 Å². The number of nitrogens with zero attached hydrogens (tertiary/aromatic N) is 2. The molecule has 19 heavy (non-hydrogen) atoms. The van der Waals surface area contributed by atoms with Crippen molar-refractivity contribution in [2.45, 2.75) is 38.8 Å². The van der Waals surface area contributed by atoms with Crippen LogP contribution in [0.5, 0.6) is 0 Å². The topological polar surface area (TPSA) is 92.8 Å². The van der Waals surface area contributed by atoms with Gasteiger partial charge in [0.2, 0.25) is 0 Å². The predicted molar refractivity (Wildman–Crippen MR) is 69.4 cm³/mol. The van der Waals surface area contributed by atoms with Crippen LogP contribution >= 0.6 is 0 Å². The fourth-order valence-corrected chi connectivity index (χ4v) is 2.62. The molecular formula is C12H16N4O3. The molecule has 0 aromatic carbocycles. The number of rotatable bonds is 2. The first-order valence-corrected chi connectivity index (χ1v) is 6.46. The van der Waals surface area contributed by atoms with E-state index in [1.807, 2.05) is 13.8 Å². The third-order valence-corrected chi connectivity index (χ3v) is 3.70. The number of H-pyrrole nitrogens is 2. The summed E-state index contributed by atoms with van der Waals surface area (Å²) in [5.41, 5.74) is -0.0651. The van der Waals surface area contributed by atoms with Crippen LogP contribution in [0, 0.1) is 0 Å². The minimum atomic E-state index is -0.422. The van der Waals surface area contributed by atoms with E-state index in [0.717, 1.165) is 12.2 Å². The van der Waals surface area contributed by atoms with Crippen molar-refractivity contribution in [2.24, 2.45) is 0 Å². The van der Waals surface area contributed by atoms with Gasteiger partial charge in [-0.3, -0.25) is 14.3 Å². The van der Waals surface area contributed by atoms with Crippen LogP contribution in [0.4, 0.5) is 0 Å². The number of ether oxygens (including phenoxy) is 1. The van der Waals surface area contributed by atoms with E-state index in [1.165, 1.54) is 4.57 Å². The molecule has 7 heteroatoms. The number of aromatic nitrogens is 4. The van der Waals surface area contributed by atoms with Crippen molar-refractivity contribution in [1.82, 2.24) is 19.5 Å². The fourth-order valence-electron chi connectivity index (χ4n) is 2.62. The highest BCUT2D eigenvalue weighted by atomic mass is 16.5. The minimum absolute atomic E-state index is 0.0708. The van der Waals surface area contributed by atoms with Crippen molar-refractivity contribution in [1.29, 1.82) is 0 Å². The first kappa shape index (κ1) is 12.2. The summed E-state index contributed by atoms with van der Waals surface area (Å²) >= 11 is 0. The standard InChI is InChI=1S/C12H16N4O3/c1-3-16-10-8(11(17)15-12(16)18)13-9(14-10)7-4-5-19-6(7)2/h6-7H,3-5H2,1-2H3,(H,13,14)(H,15,17,18). The SMILES string of the molecule is CCn1c(=O)[nH]c(=O)c2[nH]c(C3CCOC3C)nc21. The second-order valence-corrected chi connectivity index (χ2v) is 4.80. The maximum Gasteiger partial charge on any atom is 0.330 e. The van der Waals surface area contributed by atoms with Crippen LogP contribution in [0.25, 0.3) is 11.2 Å². The van der Waals surface area contributed by atoms with Crippen LogP contribution in [0.2, 0.25) is 0 Å². The summed E-state index contributed by atoms with van der Waals surface area (Å²) in [6, 6.07) is 0. The fraction of sp³-hybridized carbons (Fsp3) is 0.583. The summed E-state index contributed by atoms with van der Waals surface area (Å²) in [4.78, 5) is 33.3. The van der Waals surface area contributed by atoms with Gasteiger partial charge < -0.3 is 9.72 Å². The number of aromatic amines is 2. The van der Waals surface area contributed by atoms with Crippen LogP contribution in [0.15, 0.2) is 9.59 Å². The molecule has 3 rings (SSSR count). The Morgan fingerprint density at radius 1 is 1.42 bits per heavy atom. The minimum Gasteiger partial charge on any atom is -0.378 e. The largest absolute Gasteiger partial charge is 0.378 e. The quantitative estimate of drug-likeness (QED) is 0.817. The summed E-state index contributed by atoms with van der Waals surface area (Å²) in [6.07, 6.45) is 0.941. The third-order valence-electron chi connectivity index (χ3n) is 3.70. The molecule has 0 saturated carbocycles. The Morgan fingerprint density at radius 3 is 2.84 bits per heavy atom. The molecule has 0 radical (unpaired) electrons. The number of fused-ring (bicyclic) bond motifs is 1. The number of hydrogen-bond acceptors (Lipinski definition) is 4. The normalized spacial score (nSPS) is 23.3. The maximum absolute atomic E-state index is 11.8. The van der Waals surface area contributed by atoms with Gasteiger partial charge in [-0.15, -0.1) is 0 Å². The maximum atomic E-state index is 11.8. The lowest BCUT2D eigenvalue weighted by Gasteiger charge is -2.09. The molecule has 1 aliphatic heterocycles. The highest BCUT2D eigenvalue weighted by Crippen LogP contribution is 2.29. The Labute approximate surface area is 108 Å². The molecule has 2 unspecified atom stereocenters. The van der Waals surface area contributed by atoms with E-state index in [-0.39, 0.29) is 12.0 Å². The summed E-state index contributed by atoms with van der Waals surface area (Å²) in [6.45, 7) is 4.99. The van der Waals surface area contributed by atoms with Crippen LogP contribution in [0.1, 0.15) is 32.0 Å². The summed E-state index contributed by atoms with van der Waals surface area (Å²) < 4.78 is 6.97. The molecule has 0 amide bonds. The Kier molecular flexibility index (Phi) is 2.78. The molecule has 2 aromatic heterocycles. The highest BCUT2D eigenvalue weighted by Gasteiger charge is 2.29. The molecule has 1 fully saturated rings. The van der Waals surface area contributed by atoms with E-state index in [4.69, 9.17) is 4.74 Å². The molecule has 0 bridgehead atoms. The van der Waals surface area contributed by atoms with Gasteiger partial charge in [0.05, 0.1) is 6.10 Å². The van der Waals surface area contributed by atoms with E-state index in [1.54, 1.807) is 0 Å². The van der Waals surface area contributed by atoms with Gasteiger partial charge >= 0.3 is 5.69 Å². The molecule has 0 spiro atoms. The van der Waals surface area contributed by atoms with Crippen molar-refractivity contribution < 1.29 is 4.74 Å². The molecular weight excluding hydrogens is 248 g/mol. The predicted octanol–water partition coefficient (Wildman–Crippen LogP) is 0.325. The summed E-state index contributed by atoms with van der Waals surface area (Å²) in [7, 11) is 0. The zero-order valence-electron chi connectivity index (χ0n) is 10.9. The van der Waals surface area contributed by atoms with E-state index in [0.29, 0.717) is 24.3 Å². The smallest absolute Gasteiger partial charge is 0.330 e. The first-order valence-electron chi connectivity index (χ1n) is 6.46. The average molecular weight is 264 g/mol. The zero-order chi connectivity index (χ0) is 13.6. The second kappa shape index (κ2) is 4.34. The van der Waals surface area contributed by atoms with E-state index < -0.39 is 11.2 Å². The Morgan fingerprint density at radius 2 is 2.21 bits per heavy atom. The van der Waals surface area contributed by atoms with E-state index >= 15 is 0 Å². The molecule has 102 valence electrons. The number of imidazole rings is 1. The summed E-state index contributed by atoms with van der Waals surface area (Å²) in [5, 5.41) is 0. The molecule has 2 aromatic rings. The van der Waals surface area contributed by atoms with Crippen molar-refractivity contribution >= 4 is 11.2 Å². The summed E-state index contributed by atoms with van der Waals surface area (Å²) in [5.74, 6) is 0.866. The third kappa shape index (κ3) is 1.81. The van der Waals surface area contributed by atoms with Gasteiger partial charge in [0.15, 0.2) is 5.65 Å². The lowest BCUT2D eigenvalue weighted by atomic mass is 10.0. The van der Waals surface area contributed by atoms with Crippen LogP contribution in [-0.4, -0.2) is 32.2 Å². The number of hydrogen-bond donors (Lipinski definition) is 2. The van der Waals surface area contributed by atoms with Crippen LogP contribution in [-0.2, 0) is 11.3 Å². The van der Waals surface area contributed by atoms with Crippen molar-refractivity contribution in [3.63, 3.8) is 0 Å². The van der Waals surface area contributed by atoms with Crippen molar-refractivity contribution in [3.8, 4) is 0 Å². The van der Waals surface area contributed by atoms with Gasteiger partial charge in [-0.1, -0.05) is 0 Å². The number of nitrogens with one attached hydrogen (secondary N) is 2. The molecule has 2 N–H and O–H groups in total. The van der Waals surface area contributed by atoms with Crippen LogP contribution in [0.3, 0.4) is 0 Å². The van der Waals surface area contributed by atoms with Crippen molar-refractivity contribution in [3.05, 3.63) is 26.7 Å². The van der Waals surface area contributed by atoms with Gasteiger partial charge in [-0.2, -0.15) is 0 Å². The molecule has 3 heterocycles. The second-order valence-electron chi connectivity index (χ2n) is 4.80. The molecule has 1 saturated heterocycles. The van der Waals surface area contributed by atoms with E-state index in [9.17, 15) is 9.59 Å². The van der Waals surface area contributed by atoms with E-state index in [2.05, 4.69) is 15.0 Å². The molecule has 0 aliphatic carbocycles. The Balaban J connectivity index is 2.23. The monoisotopic (exact) mass is 264 g/mol.